The van der Waals surface area contributed by atoms with Crippen LogP contribution in [0.2, 0.25) is 0 Å². The van der Waals surface area contributed by atoms with Crippen molar-refractivity contribution >= 4 is 10.2 Å². The highest BCUT2D eigenvalue weighted by atomic mass is 32.2. The lowest BCUT2D eigenvalue weighted by atomic mass is 10.2. The predicted octanol–water partition coefficient (Wildman–Crippen LogP) is 0.411. The van der Waals surface area contributed by atoms with Crippen molar-refractivity contribution in [3.63, 3.8) is 0 Å². The standard InChI is InChI=1S/C14H23N3O3S/c1-12(15)14-11-17(8-9-20-14)21(18,19)16(2)10-13-6-4-3-5-7-13/h3-7,12,14H,8-11,15H2,1-2H3. The van der Waals surface area contributed by atoms with Gasteiger partial charge in [-0.3, -0.25) is 0 Å². The van der Waals surface area contributed by atoms with E-state index in [0.29, 0.717) is 26.2 Å². The summed E-state index contributed by atoms with van der Waals surface area (Å²) in [6.07, 6.45) is -0.251. The minimum atomic E-state index is -3.50. The number of morpholine rings is 1. The summed E-state index contributed by atoms with van der Waals surface area (Å²) in [4.78, 5) is 0. The van der Waals surface area contributed by atoms with Crippen LogP contribution in [-0.2, 0) is 21.5 Å². The number of nitrogens with two attached hydrogens (primary N) is 1. The summed E-state index contributed by atoms with van der Waals surface area (Å²) in [7, 11) is -1.90. The molecule has 2 rings (SSSR count). The van der Waals surface area contributed by atoms with Crippen LogP contribution in [0.1, 0.15) is 12.5 Å². The zero-order valence-corrected chi connectivity index (χ0v) is 13.3. The number of benzene rings is 1. The summed E-state index contributed by atoms with van der Waals surface area (Å²) in [5.41, 5.74) is 6.77. The lowest BCUT2D eigenvalue weighted by molar-refractivity contribution is -0.0134. The van der Waals surface area contributed by atoms with Crippen LogP contribution in [-0.4, -0.2) is 55.9 Å². The van der Waals surface area contributed by atoms with Crippen LogP contribution in [0.3, 0.4) is 0 Å². The maximum atomic E-state index is 12.6. The molecule has 0 amide bonds. The molecule has 2 unspecified atom stereocenters. The van der Waals surface area contributed by atoms with Crippen molar-refractivity contribution in [1.82, 2.24) is 8.61 Å². The topological polar surface area (TPSA) is 75.9 Å². The number of ether oxygens (including phenoxy) is 1. The first-order valence-corrected chi connectivity index (χ1v) is 8.43. The first-order valence-electron chi connectivity index (χ1n) is 7.04. The van der Waals surface area contributed by atoms with Gasteiger partial charge in [0.1, 0.15) is 0 Å². The van der Waals surface area contributed by atoms with Crippen LogP contribution in [0.25, 0.3) is 0 Å². The van der Waals surface area contributed by atoms with Gasteiger partial charge in [0.2, 0.25) is 0 Å². The Morgan fingerprint density at radius 1 is 1.43 bits per heavy atom. The van der Waals surface area contributed by atoms with Crippen LogP contribution in [0.15, 0.2) is 30.3 Å². The zero-order chi connectivity index (χ0) is 15.5. The van der Waals surface area contributed by atoms with E-state index < -0.39 is 10.2 Å². The van der Waals surface area contributed by atoms with Crippen molar-refractivity contribution in [3.8, 4) is 0 Å². The fraction of sp³-hybridized carbons (Fsp3) is 0.571. The fourth-order valence-corrected chi connectivity index (χ4v) is 3.64. The Kier molecular flexibility index (Phi) is 5.34. The Morgan fingerprint density at radius 2 is 2.10 bits per heavy atom. The average Bonchev–Trinajstić information content (AvgIpc) is 2.48. The largest absolute Gasteiger partial charge is 0.374 e. The molecule has 21 heavy (non-hydrogen) atoms. The Balaban J connectivity index is 2.06. The summed E-state index contributed by atoms with van der Waals surface area (Å²) < 4.78 is 33.6. The van der Waals surface area contributed by atoms with Gasteiger partial charge in [-0.15, -0.1) is 0 Å². The molecule has 7 heteroatoms. The average molecular weight is 313 g/mol. The SMILES string of the molecule is CC(N)C1CN(S(=O)(=O)N(C)Cc2ccccc2)CCO1. The Bertz CT molecular complexity index is 548. The third kappa shape index (κ3) is 4.02. The van der Waals surface area contributed by atoms with Crippen molar-refractivity contribution in [3.05, 3.63) is 35.9 Å². The highest BCUT2D eigenvalue weighted by Gasteiger charge is 2.33. The van der Waals surface area contributed by atoms with Gasteiger partial charge in [0, 0.05) is 32.7 Å². The van der Waals surface area contributed by atoms with Crippen LogP contribution in [0.4, 0.5) is 0 Å². The number of hydrogen-bond donors (Lipinski definition) is 1. The highest BCUT2D eigenvalue weighted by molar-refractivity contribution is 7.86. The summed E-state index contributed by atoms with van der Waals surface area (Å²) >= 11 is 0. The maximum absolute atomic E-state index is 12.6. The fourth-order valence-electron chi connectivity index (χ4n) is 2.30. The predicted molar refractivity (Wildman–Crippen MR) is 81.8 cm³/mol. The normalized spacial score (nSPS) is 22.4. The van der Waals surface area contributed by atoms with E-state index in [1.54, 1.807) is 7.05 Å². The van der Waals surface area contributed by atoms with E-state index in [1.807, 2.05) is 37.3 Å². The monoisotopic (exact) mass is 313 g/mol. The molecule has 2 N–H and O–H groups in total. The molecule has 1 aliphatic heterocycles. The zero-order valence-electron chi connectivity index (χ0n) is 12.5. The molecule has 0 spiro atoms. The quantitative estimate of drug-likeness (QED) is 0.854. The maximum Gasteiger partial charge on any atom is 0.282 e. The van der Waals surface area contributed by atoms with Gasteiger partial charge in [-0.1, -0.05) is 30.3 Å². The van der Waals surface area contributed by atoms with Crippen molar-refractivity contribution < 1.29 is 13.2 Å². The van der Waals surface area contributed by atoms with E-state index in [9.17, 15) is 8.42 Å². The molecular weight excluding hydrogens is 290 g/mol. The minimum absolute atomic E-state index is 0.192. The van der Waals surface area contributed by atoms with Gasteiger partial charge in [0.05, 0.1) is 12.7 Å². The first kappa shape index (κ1) is 16.4. The Hall–Kier alpha value is -0.990. The minimum Gasteiger partial charge on any atom is -0.374 e. The summed E-state index contributed by atoms with van der Waals surface area (Å²) in [5, 5.41) is 0. The summed E-state index contributed by atoms with van der Waals surface area (Å²) in [5.74, 6) is 0. The van der Waals surface area contributed by atoms with Gasteiger partial charge >= 0.3 is 0 Å². The molecule has 0 saturated carbocycles. The second-order valence-electron chi connectivity index (χ2n) is 5.38. The van der Waals surface area contributed by atoms with Crippen molar-refractivity contribution in [2.24, 2.45) is 5.73 Å². The van der Waals surface area contributed by atoms with Crippen LogP contribution in [0, 0.1) is 0 Å². The third-order valence-corrected chi connectivity index (χ3v) is 5.51. The molecule has 1 saturated heterocycles. The van der Waals surface area contributed by atoms with Gasteiger partial charge in [-0.05, 0) is 12.5 Å². The smallest absolute Gasteiger partial charge is 0.282 e. The number of hydrogen-bond acceptors (Lipinski definition) is 4. The first-order chi connectivity index (χ1) is 9.91. The number of nitrogens with zero attached hydrogens (tertiary/aromatic N) is 2. The summed E-state index contributed by atoms with van der Waals surface area (Å²) in [6, 6.07) is 9.34. The third-order valence-electron chi connectivity index (χ3n) is 3.61. The molecule has 0 radical (unpaired) electrons. The van der Waals surface area contributed by atoms with Crippen LogP contribution in [0.5, 0.6) is 0 Å². The van der Waals surface area contributed by atoms with Gasteiger partial charge in [-0.2, -0.15) is 17.0 Å². The number of rotatable bonds is 5. The van der Waals surface area contributed by atoms with Crippen molar-refractivity contribution in [2.45, 2.75) is 25.6 Å². The van der Waals surface area contributed by atoms with Gasteiger partial charge in [0.25, 0.3) is 10.2 Å². The molecule has 1 aromatic rings. The highest BCUT2D eigenvalue weighted by Crippen LogP contribution is 2.16. The van der Waals surface area contributed by atoms with E-state index in [2.05, 4.69) is 0 Å². The summed E-state index contributed by atoms with van der Waals surface area (Å²) in [6.45, 7) is 3.23. The van der Waals surface area contributed by atoms with Crippen LogP contribution >= 0.6 is 0 Å². The molecule has 0 bridgehead atoms. The molecule has 118 valence electrons. The molecule has 1 fully saturated rings. The Labute approximate surface area is 126 Å². The van der Waals surface area contributed by atoms with Crippen molar-refractivity contribution in [1.29, 1.82) is 0 Å². The second kappa shape index (κ2) is 6.85. The van der Waals surface area contributed by atoms with E-state index in [0.717, 1.165) is 5.56 Å². The molecule has 1 heterocycles. The van der Waals surface area contributed by atoms with E-state index in [1.165, 1.54) is 8.61 Å². The van der Waals surface area contributed by atoms with E-state index >= 15 is 0 Å². The van der Waals surface area contributed by atoms with E-state index in [-0.39, 0.29) is 12.1 Å². The van der Waals surface area contributed by atoms with Gasteiger partial charge < -0.3 is 10.5 Å². The van der Waals surface area contributed by atoms with E-state index in [4.69, 9.17) is 10.5 Å². The lowest BCUT2D eigenvalue weighted by Crippen LogP contribution is -2.54. The molecule has 2 atom stereocenters. The van der Waals surface area contributed by atoms with Gasteiger partial charge in [-0.25, -0.2) is 0 Å². The van der Waals surface area contributed by atoms with Crippen molar-refractivity contribution in [2.75, 3.05) is 26.7 Å². The van der Waals surface area contributed by atoms with Crippen LogP contribution < -0.4 is 5.73 Å². The second-order valence-corrected chi connectivity index (χ2v) is 7.41. The molecule has 1 aliphatic rings. The Morgan fingerprint density at radius 3 is 2.71 bits per heavy atom. The van der Waals surface area contributed by atoms with Gasteiger partial charge in [0.15, 0.2) is 0 Å². The molecule has 0 aromatic heterocycles. The molecule has 0 aliphatic carbocycles. The molecular formula is C14H23N3O3S. The lowest BCUT2D eigenvalue weighted by Gasteiger charge is -2.35. The molecule has 6 nitrogen and oxygen atoms in total. The molecule has 1 aromatic carbocycles.